The van der Waals surface area contributed by atoms with Gasteiger partial charge in [-0.25, -0.2) is 4.79 Å². The second kappa shape index (κ2) is 5.09. The molecule has 3 amide bonds. The minimum absolute atomic E-state index is 0.0152. The molecule has 0 aliphatic carbocycles. The topological polar surface area (TPSA) is 52.7 Å². The number of halogens is 1. The third kappa shape index (κ3) is 2.28. The third-order valence-electron chi connectivity index (χ3n) is 3.87. The number of nitrogens with one attached hydrogen (secondary N) is 1. The van der Waals surface area contributed by atoms with Gasteiger partial charge in [0.05, 0.1) is 11.6 Å². The molecule has 1 atom stereocenters. The Morgan fingerprint density at radius 3 is 2.95 bits per heavy atom. The van der Waals surface area contributed by atoms with Crippen LogP contribution in [0.1, 0.15) is 15.9 Å². The molecule has 6 heteroatoms. The Morgan fingerprint density at radius 2 is 2.20 bits per heavy atom. The van der Waals surface area contributed by atoms with Crippen LogP contribution >= 0.6 is 15.9 Å². The minimum Gasteiger partial charge on any atom is -0.336 e. The summed E-state index contributed by atoms with van der Waals surface area (Å²) in [7, 11) is 0. The van der Waals surface area contributed by atoms with Crippen molar-refractivity contribution in [2.24, 2.45) is 0 Å². The molecule has 0 aromatic heterocycles. The highest BCUT2D eigenvalue weighted by Crippen LogP contribution is 2.22. The van der Waals surface area contributed by atoms with E-state index in [-0.39, 0.29) is 18.0 Å². The molecule has 1 unspecified atom stereocenters. The largest absolute Gasteiger partial charge is 0.336 e. The first kappa shape index (κ1) is 13.4. The molecule has 0 spiro atoms. The predicted octanol–water partition coefficient (Wildman–Crippen LogP) is 1.61. The molecule has 1 N–H and O–H groups in total. The molecule has 5 nitrogen and oxygen atoms in total. The molecule has 2 aliphatic rings. The zero-order valence-electron chi connectivity index (χ0n) is 11.2. The number of carbonyl (C=O) groups is 2. The summed E-state index contributed by atoms with van der Waals surface area (Å²) in [4.78, 5) is 27.8. The average molecular weight is 338 g/mol. The lowest BCUT2D eigenvalue weighted by Gasteiger charge is -2.36. The normalized spacial score (nSPS) is 21.7. The lowest BCUT2D eigenvalue weighted by Crippen LogP contribution is -2.53. The van der Waals surface area contributed by atoms with Crippen molar-refractivity contribution in [3.8, 4) is 0 Å². The Kier molecular flexibility index (Phi) is 3.41. The fourth-order valence-electron chi connectivity index (χ4n) is 2.75. The maximum absolute atomic E-state index is 12.6. The lowest BCUT2D eigenvalue weighted by atomic mass is 10.1. The number of urea groups is 1. The van der Waals surface area contributed by atoms with Gasteiger partial charge in [0.15, 0.2) is 0 Å². The van der Waals surface area contributed by atoms with Gasteiger partial charge in [0.25, 0.3) is 5.91 Å². The average Bonchev–Trinajstić information content (AvgIpc) is 2.79. The summed E-state index contributed by atoms with van der Waals surface area (Å²) in [5, 5.41) is 2.82. The second-order valence-electron chi connectivity index (χ2n) is 5.27. The van der Waals surface area contributed by atoms with E-state index in [1.807, 2.05) is 34.9 Å². The molecule has 1 aromatic carbocycles. The second-order valence-corrected chi connectivity index (χ2v) is 6.12. The Labute approximate surface area is 126 Å². The number of hydrogen-bond donors (Lipinski definition) is 1. The van der Waals surface area contributed by atoms with E-state index in [4.69, 9.17) is 0 Å². The number of carbonyl (C=O) groups excluding carboxylic acids is 2. The van der Waals surface area contributed by atoms with Gasteiger partial charge in [-0.2, -0.15) is 0 Å². The summed E-state index contributed by atoms with van der Waals surface area (Å²) in [6, 6.07) is 5.83. The summed E-state index contributed by atoms with van der Waals surface area (Å²) in [5.74, 6) is 0.0240. The molecule has 0 radical (unpaired) electrons. The van der Waals surface area contributed by atoms with Crippen LogP contribution in [-0.4, -0.2) is 54.0 Å². The molecule has 2 fully saturated rings. The van der Waals surface area contributed by atoms with Crippen molar-refractivity contribution in [3.05, 3.63) is 33.8 Å². The molecular weight excluding hydrogens is 322 g/mol. The van der Waals surface area contributed by atoms with Crippen LogP contribution in [-0.2, 0) is 0 Å². The molecule has 1 aromatic rings. The molecule has 2 saturated heterocycles. The molecule has 2 heterocycles. The Bertz CT molecular complexity index is 576. The van der Waals surface area contributed by atoms with E-state index in [0.29, 0.717) is 31.7 Å². The number of nitrogens with zero attached hydrogens (tertiary/aromatic N) is 2. The SMILES string of the molecule is Cc1ccc(C(=O)N2CCN3C(=O)NCC3C2)c(Br)c1. The number of hydrogen-bond acceptors (Lipinski definition) is 2. The zero-order chi connectivity index (χ0) is 14.3. The predicted molar refractivity (Wildman–Crippen MR) is 78.7 cm³/mol. The fraction of sp³-hybridized carbons (Fsp3) is 0.429. The first-order valence-electron chi connectivity index (χ1n) is 6.66. The molecule has 2 aliphatic heterocycles. The first-order valence-corrected chi connectivity index (χ1v) is 7.45. The molecule has 20 heavy (non-hydrogen) atoms. The fourth-order valence-corrected chi connectivity index (χ4v) is 3.42. The minimum atomic E-state index is -0.0152. The van der Waals surface area contributed by atoms with Crippen molar-refractivity contribution in [1.82, 2.24) is 15.1 Å². The third-order valence-corrected chi connectivity index (χ3v) is 4.53. The van der Waals surface area contributed by atoms with Gasteiger partial charge in [-0.1, -0.05) is 6.07 Å². The Balaban J connectivity index is 1.77. The zero-order valence-corrected chi connectivity index (χ0v) is 12.8. The standard InChI is InChI=1S/C14H16BrN3O2/c1-9-2-3-11(12(15)6-9)13(19)17-4-5-18-10(8-17)7-16-14(18)20/h2-3,6,10H,4-5,7-8H2,1H3,(H,16,20). The Hall–Kier alpha value is -1.56. The molecule has 0 bridgehead atoms. The highest BCUT2D eigenvalue weighted by atomic mass is 79.9. The molecule has 0 saturated carbocycles. The van der Waals surface area contributed by atoms with Crippen LogP contribution in [0, 0.1) is 6.92 Å². The van der Waals surface area contributed by atoms with Crippen LogP contribution in [0.4, 0.5) is 4.79 Å². The van der Waals surface area contributed by atoms with Gasteiger partial charge in [0.2, 0.25) is 0 Å². The van der Waals surface area contributed by atoms with Gasteiger partial charge in [0.1, 0.15) is 0 Å². The highest BCUT2D eigenvalue weighted by molar-refractivity contribution is 9.10. The quantitative estimate of drug-likeness (QED) is 0.846. The lowest BCUT2D eigenvalue weighted by molar-refractivity contribution is 0.0616. The Morgan fingerprint density at radius 1 is 1.40 bits per heavy atom. The molecule has 106 valence electrons. The van der Waals surface area contributed by atoms with E-state index < -0.39 is 0 Å². The number of rotatable bonds is 1. The van der Waals surface area contributed by atoms with Crippen LogP contribution in [0.2, 0.25) is 0 Å². The number of benzene rings is 1. The summed E-state index contributed by atoms with van der Waals surface area (Å²) in [6.07, 6.45) is 0. The number of amides is 3. The van der Waals surface area contributed by atoms with Gasteiger partial charge in [-0.05, 0) is 40.5 Å². The van der Waals surface area contributed by atoms with Crippen molar-refractivity contribution in [2.45, 2.75) is 13.0 Å². The van der Waals surface area contributed by atoms with Crippen LogP contribution in [0.5, 0.6) is 0 Å². The smallest absolute Gasteiger partial charge is 0.317 e. The first-order chi connectivity index (χ1) is 9.56. The number of piperazine rings is 1. The summed E-state index contributed by atoms with van der Waals surface area (Å²) in [6.45, 7) is 4.40. The van der Waals surface area contributed by atoms with Gasteiger partial charge >= 0.3 is 6.03 Å². The van der Waals surface area contributed by atoms with E-state index in [2.05, 4.69) is 21.2 Å². The van der Waals surface area contributed by atoms with Crippen molar-refractivity contribution < 1.29 is 9.59 Å². The monoisotopic (exact) mass is 337 g/mol. The summed E-state index contributed by atoms with van der Waals surface area (Å²) < 4.78 is 0.825. The summed E-state index contributed by atoms with van der Waals surface area (Å²) in [5.41, 5.74) is 1.80. The van der Waals surface area contributed by atoms with E-state index in [0.717, 1.165) is 10.0 Å². The van der Waals surface area contributed by atoms with Crippen LogP contribution < -0.4 is 5.32 Å². The maximum atomic E-state index is 12.6. The van der Waals surface area contributed by atoms with Crippen molar-refractivity contribution in [2.75, 3.05) is 26.2 Å². The van der Waals surface area contributed by atoms with Crippen molar-refractivity contribution in [3.63, 3.8) is 0 Å². The van der Waals surface area contributed by atoms with E-state index in [1.165, 1.54) is 0 Å². The van der Waals surface area contributed by atoms with E-state index in [1.54, 1.807) is 0 Å². The van der Waals surface area contributed by atoms with Gasteiger partial charge in [-0.3, -0.25) is 4.79 Å². The van der Waals surface area contributed by atoms with Crippen LogP contribution in [0.15, 0.2) is 22.7 Å². The number of fused-ring (bicyclic) bond motifs is 1. The van der Waals surface area contributed by atoms with Crippen LogP contribution in [0.3, 0.4) is 0 Å². The van der Waals surface area contributed by atoms with Gasteiger partial charge in [0, 0.05) is 30.7 Å². The van der Waals surface area contributed by atoms with Crippen molar-refractivity contribution in [1.29, 1.82) is 0 Å². The summed E-state index contributed by atoms with van der Waals surface area (Å²) >= 11 is 3.46. The maximum Gasteiger partial charge on any atom is 0.317 e. The van der Waals surface area contributed by atoms with Crippen LogP contribution in [0.25, 0.3) is 0 Å². The van der Waals surface area contributed by atoms with E-state index >= 15 is 0 Å². The van der Waals surface area contributed by atoms with E-state index in [9.17, 15) is 9.59 Å². The number of aryl methyl sites for hydroxylation is 1. The molecule has 3 rings (SSSR count). The van der Waals surface area contributed by atoms with Crippen molar-refractivity contribution >= 4 is 27.9 Å². The van der Waals surface area contributed by atoms with Gasteiger partial charge in [-0.15, -0.1) is 0 Å². The molecular formula is C14H16BrN3O2. The van der Waals surface area contributed by atoms with Gasteiger partial charge < -0.3 is 15.1 Å². The highest BCUT2D eigenvalue weighted by Gasteiger charge is 2.37.